The molecule has 3 nitrogen and oxygen atoms in total. The summed E-state index contributed by atoms with van der Waals surface area (Å²) in [5.41, 5.74) is 1.78. The number of fused-ring (bicyclic) bond motifs is 1. The Morgan fingerprint density at radius 3 is 2.28 bits per heavy atom. The Morgan fingerprint density at radius 2 is 1.72 bits per heavy atom. The van der Waals surface area contributed by atoms with Crippen molar-refractivity contribution in [1.82, 2.24) is 0 Å². The molecular weight excluding hydrogens is 250 g/mol. The molecule has 0 spiro atoms. The lowest BCUT2D eigenvalue weighted by Gasteiger charge is -2.39. The lowest BCUT2D eigenvalue weighted by molar-refractivity contribution is -0.970. The summed E-state index contributed by atoms with van der Waals surface area (Å²) in [6, 6.07) is 7.73. The molecule has 0 bridgehead atoms. The molecule has 1 aliphatic rings. The average molecular weight is 273 g/mol. The number of cyclic esters (lactones) is 1. The van der Waals surface area contributed by atoms with E-state index in [-0.39, 0.29) is 27.5 Å². The van der Waals surface area contributed by atoms with Gasteiger partial charge in [-0.05, 0) is 32.9 Å². The first-order chi connectivity index (χ1) is 8.18. The Balaban J connectivity index is 0. The molecule has 0 aliphatic carbocycles. The van der Waals surface area contributed by atoms with Crippen molar-refractivity contribution >= 4 is 18.4 Å². The summed E-state index contributed by atoms with van der Waals surface area (Å²) < 4.78 is 6.41. The Labute approximate surface area is 118 Å². The number of halogens is 1. The fraction of sp³-hybridized carbons (Fsp3) is 0.500. The van der Waals surface area contributed by atoms with Gasteiger partial charge >= 0.3 is 8.82 Å². The van der Waals surface area contributed by atoms with Crippen molar-refractivity contribution in [2.75, 3.05) is 19.6 Å². The first kappa shape index (κ1) is 15.0. The Hall–Kier alpha value is -1.06. The van der Waals surface area contributed by atoms with Crippen molar-refractivity contribution < 1.29 is 16.9 Å². The first-order valence-corrected chi connectivity index (χ1v) is 6.34. The van der Waals surface area contributed by atoms with Crippen LogP contribution in [0.5, 0.6) is 0 Å². The van der Waals surface area contributed by atoms with Gasteiger partial charge < -0.3 is 4.74 Å². The Morgan fingerprint density at radius 1 is 1.17 bits per heavy atom. The predicted octanol–water partition coefficient (Wildman–Crippen LogP) is 3.38. The highest BCUT2D eigenvalue weighted by atomic mass is 35.5. The van der Waals surface area contributed by atoms with E-state index in [9.17, 15) is 4.79 Å². The molecule has 0 aromatic heterocycles. The van der Waals surface area contributed by atoms with Crippen LogP contribution in [0.1, 0.15) is 45.8 Å². The average Bonchev–Trinajstić information content (AvgIpc) is 2.72. The monoisotopic (exact) mass is 272 g/mol. The van der Waals surface area contributed by atoms with Gasteiger partial charge in [-0.25, -0.2) is 4.79 Å². The lowest BCUT2D eigenvalue weighted by Crippen LogP contribution is -2.50. The maximum Gasteiger partial charge on any atom is 1.00 e. The van der Waals surface area contributed by atoms with Gasteiger partial charge in [-0.15, -0.1) is 12.4 Å². The molecule has 2 rings (SSSR count). The Bertz CT molecular complexity index is 431. The molecule has 0 saturated carbocycles. The predicted molar refractivity (Wildman–Crippen MR) is 76.0 cm³/mol. The van der Waals surface area contributed by atoms with Crippen LogP contribution in [0.15, 0.2) is 24.3 Å². The van der Waals surface area contributed by atoms with Crippen molar-refractivity contribution in [1.29, 1.82) is 0 Å². The zero-order valence-electron chi connectivity index (χ0n) is 13.2. The molecular formula is C14H23ClNO2+3. The molecule has 0 radical (unpaired) electrons. The summed E-state index contributed by atoms with van der Waals surface area (Å²) in [5, 5.41) is 0. The molecule has 18 heavy (non-hydrogen) atoms. The second kappa shape index (κ2) is 5.72. The quantitative estimate of drug-likeness (QED) is 0.620. The third-order valence-corrected chi connectivity index (χ3v) is 4.05. The number of quaternary nitrogens is 1. The number of ether oxygens (including phenoxy) is 1. The van der Waals surface area contributed by atoms with Crippen LogP contribution in [0, 0.1) is 0 Å². The van der Waals surface area contributed by atoms with Gasteiger partial charge in [0.05, 0.1) is 30.8 Å². The lowest BCUT2D eigenvalue weighted by atomic mass is 10.1. The molecule has 4 heteroatoms. The van der Waals surface area contributed by atoms with Crippen LogP contribution in [0.3, 0.4) is 0 Å². The second-order valence-electron chi connectivity index (χ2n) is 4.51. The van der Waals surface area contributed by atoms with E-state index < -0.39 is 0 Å². The summed E-state index contributed by atoms with van der Waals surface area (Å²) in [7, 11) is 0. The van der Waals surface area contributed by atoms with Crippen LogP contribution >= 0.6 is 12.4 Å². The van der Waals surface area contributed by atoms with Crippen LogP contribution in [0.4, 0.5) is 0 Å². The van der Waals surface area contributed by atoms with Crippen LogP contribution in [0.25, 0.3) is 0 Å². The van der Waals surface area contributed by atoms with Crippen molar-refractivity contribution in [2.24, 2.45) is 0 Å². The second-order valence-corrected chi connectivity index (χ2v) is 4.51. The van der Waals surface area contributed by atoms with Gasteiger partial charge in [0.15, 0.2) is 0 Å². The number of benzene rings is 1. The zero-order valence-corrected chi connectivity index (χ0v) is 12.0. The van der Waals surface area contributed by atoms with Crippen LogP contribution < -0.4 is 0 Å². The number of nitrogens with zero attached hydrogens (tertiary/aromatic N) is 1. The van der Waals surface area contributed by atoms with Gasteiger partial charge in [0, 0.05) is 0 Å². The summed E-state index contributed by atoms with van der Waals surface area (Å²) in [4.78, 5) is 11.8. The number of rotatable bonds is 4. The van der Waals surface area contributed by atoms with E-state index in [1.54, 1.807) is 0 Å². The normalized spacial score (nSPS) is 17.9. The maximum absolute atomic E-state index is 11.8. The van der Waals surface area contributed by atoms with Crippen LogP contribution in [-0.2, 0) is 4.74 Å². The molecule has 1 heterocycles. The van der Waals surface area contributed by atoms with Crippen LogP contribution in [0.2, 0.25) is 0 Å². The van der Waals surface area contributed by atoms with E-state index in [4.69, 9.17) is 4.74 Å². The highest BCUT2D eigenvalue weighted by Crippen LogP contribution is 2.37. The first-order valence-electron chi connectivity index (χ1n) is 6.34. The summed E-state index contributed by atoms with van der Waals surface area (Å²) in [5.74, 6) is -0.177. The minimum atomic E-state index is -0.177. The standard InChI is InChI=1S/C14H20NO2.ClH/c1-4-15(5-2,6-3)13-11-9-7-8-10-12(11)14(16)17-13;/h7-10,13H,4-6H2,1-3H3;1H/q+1;/p+2. The molecule has 0 N–H and O–H groups in total. The van der Waals surface area contributed by atoms with E-state index >= 15 is 0 Å². The van der Waals surface area contributed by atoms with Crippen molar-refractivity contribution in [3.63, 3.8) is 0 Å². The van der Waals surface area contributed by atoms with Crippen molar-refractivity contribution in [2.45, 2.75) is 27.0 Å². The van der Waals surface area contributed by atoms with E-state index in [0.717, 1.165) is 35.2 Å². The van der Waals surface area contributed by atoms with Gasteiger partial charge in [0.2, 0.25) is 0 Å². The van der Waals surface area contributed by atoms with E-state index in [0.29, 0.717) is 0 Å². The van der Waals surface area contributed by atoms with Gasteiger partial charge in [-0.3, -0.25) is 4.48 Å². The van der Waals surface area contributed by atoms with Gasteiger partial charge in [0.1, 0.15) is 0 Å². The fourth-order valence-electron chi connectivity index (χ4n) is 2.70. The number of esters is 1. The molecule has 1 aromatic carbocycles. The molecule has 1 unspecified atom stereocenters. The number of carbonyl (C=O) groups excluding carboxylic acids is 1. The van der Waals surface area contributed by atoms with Crippen molar-refractivity contribution in [3.8, 4) is 0 Å². The number of hydrogen-bond acceptors (Lipinski definition) is 2. The minimum Gasteiger partial charge on any atom is -0.404 e. The minimum absolute atomic E-state index is 0. The fourth-order valence-corrected chi connectivity index (χ4v) is 2.70. The van der Waals surface area contributed by atoms with Gasteiger partial charge in [-0.1, -0.05) is 12.1 Å². The van der Waals surface area contributed by atoms with Gasteiger partial charge in [-0.2, -0.15) is 0 Å². The topological polar surface area (TPSA) is 26.3 Å². The van der Waals surface area contributed by atoms with Gasteiger partial charge in [0.25, 0.3) is 6.23 Å². The third-order valence-electron chi connectivity index (χ3n) is 4.05. The molecule has 0 saturated heterocycles. The van der Waals surface area contributed by atoms with E-state index in [2.05, 4.69) is 20.8 Å². The SMILES string of the molecule is CC[N+](CC)(CC)C1OC(=O)c2ccccc21.Cl.[H+].[H+]. The number of hydrogen-bond donors (Lipinski definition) is 0. The van der Waals surface area contributed by atoms with E-state index in [1.165, 1.54) is 0 Å². The summed E-state index contributed by atoms with van der Waals surface area (Å²) >= 11 is 0. The third kappa shape index (κ3) is 2.13. The largest absolute Gasteiger partial charge is 1.00 e. The molecule has 1 aromatic rings. The molecule has 1 aliphatic heterocycles. The Kier molecular flexibility index (Phi) is 4.77. The summed E-state index contributed by atoms with van der Waals surface area (Å²) in [6.07, 6.45) is -0.126. The number of carbonyl (C=O) groups is 1. The molecule has 0 fully saturated rings. The molecule has 1 atom stereocenters. The molecule has 0 amide bonds. The zero-order chi connectivity index (χ0) is 12.5. The highest BCUT2D eigenvalue weighted by molar-refractivity contribution is 5.93. The van der Waals surface area contributed by atoms with Crippen LogP contribution in [-0.4, -0.2) is 30.1 Å². The molecule has 100 valence electrons. The summed E-state index contributed by atoms with van der Waals surface area (Å²) in [6.45, 7) is 9.38. The highest BCUT2D eigenvalue weighted by Gasteiger charge is 2.43. The van der Waals surface area contributed by atoms with Crippen molar-refractivity contribution in [3.05, 3.63) is 35.4 Å². The van der Waals surface area contributed by atoms with E-state index in [1.807, 2.05) is 24.3 Å². The smallest absolute Gasteiger partial charge is 0.404 e. The maximum atomic E-state index is 11.8.